The maximum atomic E-state index is 10.1. The zero-order valence-corrected chi connectivity index (χ0v) is 8.59. The zero-order chi connectivity index (χ0) is 10.2. The van der Waals surface area contributed by atoms with Gasteiger partial charge in [-0.15, -0.1) is 0 Å². The smallest absolute Gasteiger partial charge is 0.0812 e. The van der Waals surface area contributed by atoms with Crippen LogP contribution in [0.2, 0.25) is 0 Å². The minimum absolute atomic E-state index is 0.361. The summed E-state index contributed by atoms with van der Waals surface area (Å²) in [7, 11) is 0. The van der Waals surface area contributed by atoms with Gasteiger partial charge in [0.2, 0.25) is 0 Å². The van der Waals surface area contributed by atoms with Crippen molar-refractivity contribution in [3.05, 3.63) is 34.9 Å². The minimum atomic E-state index is -0.666. The first-order chi connectivity index (χ1) is 6.63. The Hall–Kier alpha value is -0.860. The fourth-order valence-electron chi connectivity index (χ4n) is 2.15. The van der Waals surface area contributed by atoms with Crippen molar-refractivity contribution in [3.63, 3.8) is 0 Å². The normalized spacial score (nSPS) is 25.9. The molecule has 1 aliphatic rings. The van der Waals surface area contributed by atoms with Gasteiger partial charge in [-0.1, -0.05) is 23.8 Å². The number of rotatable bonds is 1. The summed E-state index contributed by atoms with van der Waals surface area (Å²) in [5, 5.41) is 10.1. The molecule has 0 saturated heterocycles. The Morgan fingerprint density at radius 1 is 1.43 bits per heavy atom. The Labute approximate surface area is 84.7 Å². The van der Waals surface area contributed by atoms with Crippen LogP contribution in [0, 0.1) is 6.92 Å². The van der Waals surface area contributed by atoms with E-state index >= 15 is 0 Å². The van der Waals surface area contributed by atoms with Crippen LogP contribution in [0.4, 0.5) is 0 Å². The molecule has 0 bridgehead atoms. The average molecular weight is 191 g/mol. The summed E-state index contributed by atoms with van der Waals surface area (Å²) in [4.78, 5) is 0. The van der Waals surface area contributed by atoms with Crippen LogP contribution in [-0.4, -0.2) is 17.3 Å². The highest BCUT2D eigenvalue weighted by atomic mass is 16.3. The number of hydrogen-bond acceptors (Lipinski definition) is 2. The number of aryl methyl sites for hydroxylation is 2. The molecule has 3 N–H and O–H groups in total. The molecule has 1 unspecified atom stereocenters. The van der Waals surface area contributed by atoms with Crippen LogP contribution in [0.15, 0.2) is 18.2 Å². The Kier molecular flexibility index (Phi) is 2.33. The van der Waals surface area contributed by atoms with Gasteiger partial charge in [-0.05, 0) is 30.9 Å². The number of nitrogens with two attached hydrogens (primary N) is 1. The average Bonchev–Trinajstić information content (AvgIpc) is 2.17. The van der Waals surface area contributed by atoms with Crippen molar-refractivity contribution in [2.45, 2.75) is 31.8 Å². The van der Waals surface area contributed by atoms with Crippen molar-refractivity contribution < 1.29 is 5.11 Å². The highest BCUT2D eigenvalue weighted by Crippen LogP contribution is 2.28. The molecule has 0 aromatic heterocycles. The third kappa shape index (κ3) is 1.68. The third-order valence-electron chi connectivity index (χ3n) is 3.12. The maximum absolute atomic E-state index is 10.1. The first-order valence-corrected chi connectivity index (χ1v) is 5.14. The highest BCUT2D eigenvalue weighted by Gasteiger charge is 2.30. The second-order valence-corrected chi connectivity index (χ2v) is 4.38. The Balaban J connectivity index is 2.33. The standard InChI is InChI=1S/C12H17NO/c1-9-2-3-10-4-5-12(14,8-13)7-11(10)6-9/h2-3,6,14H,4-5,7-8,13H2,1H3. The van der Waals surface area contributed by atoms with E-state index in [4.69, 9.17) is 5.73 Å². The van der Waals surface area contributed by atoms with Gasteiger partial charge >= 0.3 is 0 Å². The van der Waals surface area contributed by atoms with Crippen LogP contribution in [0.25, 0.3) is 0 Å². The largest absolute Gasteiger partial charge is 0.388 e. The van der Waals surface area contributed by atoms with Crippen molar-refractivity contribution in [3.8, 4) is 0 Å². The van der Waals surface area contributed by atoms with E-state index in [1.54, 1.807) is 0 Å². The molecule has 1 atom stereocenters. The molecule has 0 fully saturated rings. The predicted octanol–water partition coefficient (Wildman–Crippen LogP) is 1.17. The third-order valence-corrected chi connectivity index (χ3v) is 3.12. The van der Waals surface area contributed by atoms with Crippen molar-refractivity contribution in [2.75, 3.05) is 6.54 Å². The molecular formula is C12H17NO. The summed E-state index contributed by atoms with van der Waals surface area (Å²) in [6.07, 6.45) is 2.45. The van der Waals surface area contributed by atoms with E-state index in [1.165, 1.54) is 16.7 Å². The van der Waals surface area contributed by atoms with E-state index in [0.717, 1.165) is 12.8 Å². The van der Waals surface area contributed by atoms with Gasteiger partial charge in [0.1, 0.15) is 0 Å². The molecule has 76 valence electrons. The first-order valence-electron chi connectivity index (χ1n) is 5.14. The van der Waals surface area contributed by atoms with Crippen LogP contribution in [0.1, 0.15) is 23.1 Å². The lowest BCUT2D eigenvalue weighted by atomic mass is 9.80. The first kappa shape index (κ1) is 9.69. The van der Waals surface area contributed by atoms with Gasteiger partial charge in [-0.3, -0.25) is 0 Å². The molecule has 2 rings (SSSR count). The second kappa shape index (κ2) is 3.37. The Morgan fingerprint density at radius 2 is 2.21 bits per heavy atom. The maximum Gasteiger partial charge on any atom is 0.0812 e. The topological polar surface area (TPSA) is 46.2 Å². The molecule has 0 saturated carbocycles. The van der Waals surface area contributed by atoms with Crippen LogP contribution in [0.5, 0.6) is 0 Å². The predicted molar refractivity (Wildman–Crippen MR) is 57.2 cm³/mol. The summed E-state index contributed by atoms with van der Waals surface area (Å²) in [6, 6.07) is 6.46. The summed E-state index contributed by atoms with van der Waals surface area (Å²) >= 11 is 0. The van der Waals surface area contributed by atoms with Gasteiger partial charge in [0.15, 0.2) is 0 Å². The second-order valence-electron chi connectivity index (χ2n) is 4.38. The SMILES string of the molecule is Cc1ccc2c(c1)CC(O)(CN)CC2. The van der Waals surface area contributed by atoms with Gasteiger partial charge in [0.25, 0.3) is 0 Å². The monoisotopic (exact) mass is 191 g/mol. The van der Waals surface area contributed by atoms with Crippen LogP contribution in [-0.2, 0) is 12.8 Å². The molecule has 0 heterocycles. The quantitative estimate of drug-likeness (QED) is 0.700. The van der Waals surface area contributed by atoms with Gasteiger partial charge < -0.3 is 10.8 Å². The molecule has 1 aliphatic carbocycles. The molecule has 1 aromatic rings. The summed E-state index contributed by atoms with van der Waals surface area (Å²) in [5.41, 5.74) is 8.81. The lowest BCUT2D eigenvalue weighted by Gasteiger charge is -2.32. The Bertz CT molecular complexity index is 348. The number of fused-ring (bicyclic) bond motifs is 1. The van der Waals surface area contributed by atoms with Crippen LogP contribution in [0.3, 0.4) is 0 Å². The van der Waals surface area contributed by atoms with E-state index in [-0.39, 0.29) is 0 Å². The van der Waals surface area contributed by atoms with Crippen molar-refractivity contribution in [2.24, 2.45) is 5.73 Å². The number of benzene rings is 1. The molecule has 0 amide bonds. The van der Waals surface area contributed by atoms with E-state index in [9.17, 15) is 5.11 Å². The zero-order valence-electron chi connectivity index (χ0n) is 8.59. The molecule has 1 aromatic carbocycles. The Morgan fingerprint density at radius 3 is 2.93 bits per heavy atom. The molecular weight excluding hydrogens is 174 g/mol. The van der Waals surface area contributed by atoms with Gasteiger partial charge in [0, 0.05) is 13.0 Å². The van der Waals surface area contributed by atoms with E-state index in [0.29, 0.717) is 13.0 Å². The molecule has 2 nitrogen and oxygen atoms in total. The number of aliphatic hydroxyl groups is 1. The summed E-state index contributed by atoms with van der Waals surface area (Å²) in [5.74, 6) is 0. The fraction of sp³-hybridized carbons (Fsp3) is 0.500. The lowest BCUT2D eigenvalue weighted by molar-refractivity contribution is 0.0353. The van der Waals surface area contributed by atoms with Gasteiger partial charge in [-0.2, -0.15) is 0 Å². The lowest BCUT2D eigenvalue weighted by Crippen LogP contribution is -2.42. The van der Waals surface area contributed by atoms with Crippen molar-refractivity contribution >= 4 is 0 Å². The molecule has 0 spiro atoms. The van der Waals surface area contributed by atoms with Gasteiger partial charge in [0.05, 0.1) is 5.60 Å². The molecule has 0 radical (unpaired) electrons. The van der Waals surface area contributed by atoms with Gasteiger partial charge in [-0.25, -0.2) is 0 Å². The summed E-state index contributed by atoms with van der Waals surface area (Å²) < 4.78 is 0. The van der Waals surface area contributed by atoms with Crippen LogP contribution < -0.4 is 5.73 Å². The molecule has 0 aliphatic heterocycles. The highest BCUT2D eigenvalue weighted by molar-refractivity contribution is 5.35. The molecule has 2 heteroatoms. The van der Waals surface area contributed by atoms with E-state index in [2.05, 4.69) is 25.1 Å². The van der Waals surface area contributed by atoms with Crippen molar-refractivity contribution in [1.82, 2.24) is 0 Å². The van der Waals surface area contributed by atoms with E-state index in [1.807, 2.05) is 0 Å². The van der Waals surface area contributed by atoms with E-state index < -0.39 is 5.60 Å². The van der Waals surface area contributed by atoms with Crippen molar-refractivity contribution in [1.29, 1.82) is 0 Å². The number of hydrogen-bond donors (Lipinski definition) is 2. The molecule has 14 heavy (non-hydrogen) atoms. The fourth-order valence-corrected chi connectivity index (χ4v) is 2.15. The summed E-state index contributed by atoms with van der Waals surface area (Å²) in [6.45, 7) is 2.44. The van der Waals surface area contributed by atoms with Crippen LogP contribution >= 0.6 is 0 Å². The minimum Gasteiger partial charge on any atom is -0.388 e.